The van der Waals surface area contributed by atoms with Gasteiger partial charge in [0, 0.05) is 19.0 Å². The van der Waals surface area contributed by atoms with Crippen molar-refractivity contribution in [3.63, 3.8) is 0 Å². The summed E-state index contributed by atoms with van der Waals surface area (Å²) in [5, 5.41) is 10.8. The van der Waals surface area contributed by atoms with Gasteiger partial charge in [0.05, 0.1) is 30.3 Å². The Balaban J connectivity index is 2.40. The molecule has 1 fully saturated rings. The van der Waals surface area contributed by atoms with Crippen LogP contribution in [0.25, 0.3) is 0 Å². The Morgan fingerprint density at radius 2 is 2.21 bits per heavy atom. The fourth-order valence-corrected chi connectivity index (χ4v) is 2.12. The number of rotatable bonds is 3. The minimum Gasteiger partial charge on any atom is -0.490 e. The van der Waals surface area contributed by atoms with Crippen LogP contribution in [0.5, 0.6) is 5.75 Å². The predicted molar refractivity (Wildman–Crippen MR) is 66.1 cm³/mol. The van der Waals surface area contributed by atoms with Gasteiger partial charge in [-0.1, -0.05) is 0 Å². The number of Topliss-reactive ketones (excluding diaryl/α,β-unsaturated/α-hetero) is 1. The number of nitro groups is 1. The first kappa shape index (κ1) is 13.3. The number of carbonyl (C=O) groups is 1. The minimum absolute atomic E-state index is 0.0144. The maximum absolute atomic E-state index is 13.9. The molecule has 0 aliphatic carbocycles. The van der Waals surface area contributed by atoms with Crippen LogP contribution in [0, 0.1) is 15.9 Å². The Morgan fingerprint density at radius 3 is 2.79 bits per heavy atom. The SMILES string of the molecule is COc1cc(N2CCCC(=O)C2)c(F)cc1[N+](=O)[O-]. The Hall–Kier alpha value is -2.18. The normalized spacial score (nSPS) is 15.5. The number of halogens is 1. The number of nitrogens with zero attached hydrogens (tertiary/aromatic N) is 2. The van der Waals surface area contributed by atoms with Gasteiger partial charge in [-0.15, -0.1) is 0 Å². The third kappa shape index (κ3) is 2.64. The van der Waals surface area contributed by atoms with Crippen molar-refractivity contribution in [2.45, 2.75) is 12.8 Å². The monoisotopic (exact) mass is 268 g/mol. The maximum atomic E-state index is 13.9. The van der Waals surface area contributed by atoms with Gasteiger partial charge in [-0.05, 0) is 6.42 Å². The topological polar surface area (TPSA) is 72.7 Å². The molecule has 0 radical (unpaired) electrons. The molecule has 0 amide bonds. The van der Waals surface area contributed by atoms with Crippen molar-refractivity contribution in [2.24, 2.45) is 0 Å². The highest BCUT2D eigenvalue weighted by Gasteiger charge is 2.24. The van der Waals surface area contributed by atoms with Gasteiger partial charge in [-0.25, -0.2) is 4.39 Å². The van der Waals surface area contributed by atoms with Crippen LogP contribution >= 0.6 is 0 Å². The number of methoxy groups -OCH3 is 1. The lowest BCUT2D eigenvalue weighted by Crippen LogP contribution is -2.36. The lowest BCUT2D eigenvalue weighted by molar-refractivity contribution is -0.385. The Bertz CT molecular complexity index is 533. The van der Waals surface area contributed by atoms with Gasteiger partial charge in [0.25, 0.3) is 0 Å². The number of anilines is 1. The van der Waals surface area contributed by atoms with E-state index in [1.807, 2.05) is 0 Å². The molecule has 1 aromatic carbocycles. The molecule has 0 bridgehead atoms. The predicted octanol–water partition coefficient (Wildman–Crippen LogP) is 1.91. The molecular formula is C12H13FN2O4. The van der Waals surface area contributed by atoms with Crippen LogP contribution in [0.2, 0.25) is 0 Å². The molecule has 19 heavy (non-hydrogen) atoms. The molecule has 0 unspecified atom stereocenters. The molecule has 0 N–H and O–H groups in total. The molecule has 6 nitrogen and oxygen atoms in total. The van der Waals surface area contributed by atoms with Gasteiger partial charge >= 0.3 is 5.69 Å². The van der Waals surface area contributed by atoms with Gasteiger partial charge in [-0.2, -0.15) is 0 Å². The van der Waals surface area contributed by atoms with Crippen LogP contribution in [-0.4, -0.2) is 30.9 Å². The van der Waals surface area contributed by atoms with Crippen LogP contribution in [0.3, 0.4) is 0 Å². The van der Waals surface area contributed by atoms with Crippen molar-refractivity contribution in [3.8, 4) is 5.75 Å². The van der Waals surface area contributed by atoms with Gasteiger partial charge in [0.2, 0.25) is 0 Å². The number of hydrogen-bond acceptors (Lipinski definition) is 5. The number of benzene rings is 1. The summed E-state index contributed by atoms with van der Waals surface area (Å²) in [5.41, 5.74) is -0.261. The van der Waals surface area contributed by atoms with Crippen LogP contribution in [0.4, 0.5) is 15.8 Å². The molecule has 0 spiro atoms. The van der Waals surface area contributed by atoms with E-state index in [1.54, 1.807) is 4.90 Å². The van der Waals surface area contributed by atoms with Crippen molar-refractivity contribution in [3.05, 3.63) is 28.1 Å². The number of carbonyl (C=O) groups excluding carboxylic acids is 1. The first-order valence-corrected chi connectivity index (χ1v) is 5.81. The number of piperidine rings is 1. The van der Waals surface area contributed by atoms with E-state index in [1.165, 1.54) is 13.2 Å². The Labute approximate surface area is 108 Å². The Kier molecular flexibility index (Phi) is 3.64. The number of hydrogen-bond donors (Lipinski definition) is 0. The van der Waals surface area contributed by atoms with Gasteiger partial charge < -0.3 is 9.64 Å². The summed E-state index contributed by atoms with van der Waals surface area (Å²) in [5.74, 6) is -0.704. The standard InChI is InChI=1S/C12H13FN2O4/c1-19-12-6-10(9(13)5-11(12)15(17)18)14-4-2-3-8(16)7-14/h5-6H,2-4,7H2,1H3. The first-order valence-electron chi connectivity index (χ1n) is 5.81. The zero-order chi connectivity index (χ0) is 14.0. The summed E-state index contributed by atoms with van der Waals surface area (Å²) in [6, 6.07) is 2.10. The smallest absolute Gasteiger partial charge is 0.313 e. The zero-order valence-electron chi connectivity index (χ0n) is 10.4. The fraction of sp³-hybridized carbons (Fsp3) is 0.417. The molecule has 7 heteroatoms. The highest BCUT2D eigenvalue weighted by Crippen LogP contribution is 2.34. The fourth-order valence-electron chi connectivity index (χ4n) is 2.12. The van der Waals surface area contributed by atoms with Crippen molar-refractivity contribution in [2.75, 3.05) is 25.1 Å². The summed E-state index contributed by atoms with van der Waals surface area (Å²) in [6.45, 7) is 0.668. The molecule has 102 valence electrons. The lowest BCUT2D eigenvalue weighted by Gasteiger charge is -2.28. The van der Waals surface area contributed by atoms with E-state index in [2.05, 4.69) is 0 Å². The first-order chi connectivity index (χ1) is 9.02. The highest BCUT2D eigenvalue weighted by atomic mass is 19.1. The van der Waals surface area contributed by atoms with Crippen LogP contribution in [0.15, 0.2) is 12.1 Å². The minimum atomic E-state index is -0.720. The average molecular weight is 268 g/mol. The second kappa shape index (κ2) is 5.21. The molecule has 1 aliphatic rings. The van der Waals surface area contributed by atoms with Gasteiger partial charge in [0.1, 0.15) is 0 Å². The third-order valence-corrected chi connectivity index (χ3v) is 3.04. The van der Waals surface area contributed by atoms with E-state index in [0.29, 0.717) is 19.4 Å². The molecule has 1 saturated heterocycles. The van der Waals surface area contributed by atoms with E-state index < -0.39 is 16.4 Å². The summed E-state index contributed by atoms with van der Waals surface area (Å²) in [4.78, 5) is 23.0. The van der Waals surface area contributed by atoms with Gasteiger partial charge in [0.15, 0.2) is 17.3 Å². The molecule has 0 saturated carbocycles. The molecule has 1 aliphatic heterocycles. The molecule has 1 aromatic rings. The maximum Gasteiger partial charge on any atom is 0.313 e. The van der Waals surface area contributed by atoms with Crippen molar-refractivity contribution < 1.29 is 18.8 Å². The summed E-state index contributed by atoms with van der Waals surface area (Å²) >= 11 is 0. The number of nitro benzene ring substituents is 1. The number of ketones is 1. The quantitative estimate of drug-likeness (QED) is 0.618. The largest absolute Gasteiger partial charge is 0.490 e. The molecular weight excluding hydrogens is 255 g/mol. The summed E-state index contributed by atoms with van der Waals surface area (Å²) in [7, 11) is 1.28. The van der Waals surface area contributed by atoms with E-state index in [0.717, 1.165) is 6.07 Å². The van der Waals surface area contributed by atoms with Crippen molar-refractivity contribution in [1.82, 2.24) is 0 Å². The molecule has 0 aromatic heterocycles. The van der Waals surface area contributed by atoms with E-state index >= 15 is 0 Å². The molecule has 1 heterocycles. The second-order valence-electron chi connectivity index (χ2n) is 4.30. The van der Waals surface area contributed by atoms with Crippen LogP contribution < -0.4 is 9.64 Å². The van der Waals surface area contributed by atoms with Crippen molar-refractivity contribution >= 4 is 17.2 Å². The zero-order valence-corrected chi connectivity index (χ0v) is 10.4. The summed E-state index contributed by atoms with van der Waals surface area (Å²) in [6.07, 6.45) is 1.14. The average Bonchev–Trinajstić information content (AvgIpc) is 2.38. The van der Waals surface area contributed by atoms with E-state index in [4.69, 9.17) is 4.74 Å². The van der Waals surface area contributed by atoms with Crippen LogP contribution in [-0.2, 0) is 4.79 Å². The Morgan fingerprint density at radius 1 is 1.47 bits per heavy atom. The van der Waals surface area contributed by atoms with Crippen LogP contribution in [0.1, 0.15) is 12.8 Å². The highest BCUT2D eigenvalue weighted by molar-refractivity contribution is 5.85. The lowest BCUT2D eigenvalue weighted by atomic mass is 10.1. The van der Waals surface area contributed by atoms with Crippen molar-refractivity contribution in [1.29, 1.82) is 0 Å². The van der Waals surface area contributed by atoms with Gasteiger partial charge in [-0.3, -0.25) is 14.9 Å². The second-order valence-corrected chi connectivity index (χ2v) is 4.30. The van der Waals surface area contributed by atoms with E-state index in [-0.39, 0.29) is 23.8 Å². The summed E-state index contributed by atoms with van der Waals surface area (Å²) < 4.78 is 18.8. The third-order valence-electron chi connectivity index (χ3n) is 3.04. The van der Waals surface area contributed by atoms with E-state index in [9.17, 15) is 19.3 Å². The molecule has 0 atom stereocenters. The number of ether oxygens (including phenoxy) is 1. The molecule has 2 rings (SSSR count).